The zero-order chi connectivity index (χ0) is 11.3. The minimum atomic E-state index is -0.220. The first-order valence-electron chi connectivity index (χ1n) is 5.16. The summed E-state index contributed by atoms with van der Waals surface area (Å²) in [6.07, 6.45) is 1.05. The first-order valence-corrected chi connectivity index (χ1v) is 5.16. The van der Waals surface area contributed by atoms with Gasteiger partial charge in [-0.05, 0) is 25.0 Å². The smallest absolute Gasteiger partial charge is 0.310 e. The second-order valence-corrected chi connectivity index (χ2v) is 3.58. The molecule has 1 aromatic carbocycles. The number of benzene rings is 1. The minimum absolute atomic E-state index is 0.0255. The zero-order valence-corrected chi connectivity index (χ0v) is 9.19. The molecule has 0 aliphatic carbocycles. The molecule has 0 heterocycles. The van der Waals surface area contributed by atoms with Crippen molar-refractivity contribution < 1.29 is 9.53 Å². The first kappa shape index (κ1) is 11.6. The second-order valence-electron chi connectivity index (χ2n) is 3.58. The molecule has 1 aromatic rings. The average Bonchev–Trinajstić information content (AvgIpc) is 2.21. The fraction of sp³-hybridized carbons (Fsp3) is 0.417. The van der Waals surface area contributed by atoms with E-state index in [1.807, 2.05) is 32.0 Å². The lowest BCUT2D eigenvalue weighted by Crippen LogP contribution is -2.16. The quantitative estimate of drug-likeness (QED) is 0.608. The fourth-order valence-corrected chi connectivity index (χ4v) is 1.20. The van der Waals surface area contributed by atoms with Gasteiger partial charge in [0.15, 0.2) is 0 Å². The van der Waals surface area contributed by atoms with Gasteiger partial charge in [-0.25, -0.2) is 0 Å². The van der Waals surface area contributed by atoms with Crippen LogP contribution in [0.25, 0.3) is 0 Å². The molecule has 0 saturated heterocycles. The van der Waals surface area contributed by atoms with E-state index in [0.717, 1.165) is 12.0 Å². The number of esters is 1. The minimum Gasteiger partial charge on any atom is -0.462 e. The molecule has 0 fully saturated rings. The van der Waals surface area contributed by atoms with Gasteiger partial charge in [-0.3, -0.25) is 4.79 Å². The Bertz CT molecular complexity index is 336. The van der Waals surface area contributed by atoms with E-state index >= 15 is 0 Å². The number of carbonyl (C=O) groups is 1. The molecular formula is C12H17NO2. The number of para-hydroxylation sites is 1. The van der Waals surface area contributed by atoms with Crippen LogP contribution < -0.4 is 5.73 Å². The van der Waals surface area contributed by atoms with Crippen molar-refractivity contribution >= 4 is 11.7 Å². The molecule has 82 valence electrons. The van der Waals surface area contributed by atoms with Crippen LogP contribution in [0.1, 0.15) is 25.8 Å². The highest BCUT2D eigenvalue weighted by molar-refractivity contribution is 5.74. The lowest BCUT2D eigenvalue weighted by atomic mass is 10.1. The van der Waals surface area contributed by atoms with E-state index in [2.05, 4.69) is 0 Å². The van der Waals surface area contributed by atoms with Gasteiger partial charge in [-0.15, -0.1) is 0 Å². The molecule has 1 atom stereocenters. The molecule has 0 bridgehead atoms. The molecule has 2 N–H and O–H groups in total. The Kier molecular flexibility index (Phi) is 4.16. The Morgan fingerprint density at radius 3 is 2.73 bits per heavy atom. The highest BCUT2D eigenvalue weighted by atomic mass is 16.5. The summed E-state index contributed by atoms with van der Waals surface area (Å²) in [7, 11) is 0. The number of rotatable bonds is 4. The average molecular weight is 207 g/mol. The number of hydrogen-bond acceptors (Lipinski definition) is 3. The van der Waals surface area contributed by atoms with Crippen LogP contribution >= 0.6 is 0 Å². The van der Waals surface area contributed by atoms with Crippen LogP contribution in [0, 0.1) is 0 Å². The molecule has 3 nitrogen and oxygen atoms in total. The van der Waals surface area contributed by atoms with Gasteiger partial charge in [-0.2, -0.15) is 0 Å². The molecule has 3 heteroatoms. The summed E-state index contributed by atoms with van der Waals surface area (Å²) in [5.41, 5.74) is 7.19. The van der Waals surface area contributed by atoms with Crippen LogP contribution in [0.15, 0.2) is 24.3 Å². The van der Waals surface area contributed by atoms with E-state index in [-0.39, 0.29) is 18.5 Å². The monoisotopic (exact) mass is 207 g/mol. The summed E-state index contributed by atoms with van der Waals surface area (Å²) in [4.78, 5) is 11.5. The van der Waals surface area contributed by atoms with Gasteiger partial charge in [0.1, 0.15) is 0 Å². The standard InChI is InChI=1S/C12H17NO2/c1-3-9(2)15-12(14)8-10-6-4-5-7-11(10)13/h4-7,9H,3,8,13H2,1-2H3. The number of ether oxygens (including phenoxy) is 1. The van der Waals surface area contributed by atoms with Crippen LogP contribution in [-0.2, 0) is 16.0 Å². The van der Waals surface area contributed by atoms with Gasteiger partial charge >= 0.3 is 5.97 Å². The third kappa shape index (κ3) is 3.62. The molecular weight excluding hydrogens is 190 g/mol. The van der Waals surface area contributed by atoms with Gasteiger partial charge in [0.25, 0.3) is 0 Å². The highest BCUT2D eigenvalue weighted by Crippen LogP contribution is 2.12. The predicted molar refractivity (Wildman–Crippen MR) is 60.4 cm³/mol. The number of carbonyl (C=O) groups excluding carboxylic acids is 1. The summed E-state index contributed by atoms with van der Waals surface area (Å²) in [5.74, 6) is -0.220. The van der Waals surface area contributed by atoms with E-state index in [1.54, 1.807) is 6.07 Å². The molecule has 0 aliphatic rings. The van der Waals surface area contributed by atoms with Crippen molar-refractivity contribution in [3.63, 3.8) is 0 Å². The summed E-state index contributed by atoms with van der Waals surface area (Å²) >= 11 is 0. The topological polar surface area (TPSA) is 52.3 Å². The van der Waals surface area contributed by atoms with Crippen molar-refractivity contribution in [1.82, 2.24) is 0 Å². The fourth-order valence-electron chi connectivity index (χ4n) is 1.20. The van der Waals surface area contributed by atoms with E-state index in [1.165, 1.54) is 0 Å². The van der Waals surface area contributed by atoms with Crippen molar-refractivity contribution in [2.75, 3.05) is 5.73 Å². The number of anilines is 1. The van der Waals surface area contributed by atoms with Crippen molar-refractivity contribution in [2.24, 2.45) is 0 Å². The molecule has 1 rings (SSSR count). The van der Waals surface area contributed by atoms with Crippen LogP contribution in [0.3, 0.4) is 0 Å². The molecule has 0 saturated carbocycles. The Balaban J connectivity index is 2.55. The lowest BCUT2D eigenvalue weighted by molar-refractivity contribution is -0.147. The van der Waals surface area contributed by atoms with E-state index in [9.17, 15) is 4.79 Å². The zero-order valence-electron chi connectivity index (χ0n) is 9.19. The molecule has 0 amide bonds. The second kappa shape index (κ2) is 5.39. The Labute approximate surface area is 90.2 Å². The maximum absolute atomic E-state index is 11.5. The van der Waals surface area contributed by atoms with E-state index < -0.39 is 0 Å². The van der Waals surface area contributed by atoms with Crippen LogP contribution in [0.2, 0.25) is 0 Å². The van der Waals surface area contributed by atoms with Crippen LogP contribution in [-0.4, -0.2) is 12.1 Å². The Morgan fingerprint density at radius 1 is 1.47 bits per heavy atom. The van der Waals surface area contributed by atoms with Crippen molar-refractivity contribution in [3.05, 3.63) is 29.8 Å². The lowest BCUT2D eigenvalue weighted by Gasteiger charge is -2.11. The molecule has 0 radical (unpaired) electrons. The van der Waals surface area contributed by atoms with Gasteiger partial charge < -0.3 is 10.5 Å². The van der Waals surface area contributed by atoms with E-state index in [4.69, 9.17) is 10.5 Å². The number of nitrogens with two attached hydrogens (primary N) is 1. The molecule has 0 aromatic heterocycles. The maximum atomic E-state index is 11.5. The maximum Gasteiger partial charge on any atom is 0.310 e. The summed E-state index contributed by atoms with van der Waals surface area (Å²) in [6, 6.07) is 7.33. The van der Waals surface area contributed by atoms with Gasteiger partial charge in [0, 0.05) is 5.69 Å². The summed E-state index contributed by atoms with van der Waals surface area (Å²) in [6.45, 7) is 3.86. The van der Waals surface area contributed by atoms with Gasteiger partial charge in [-0.1, -0.05) is 25.1 Å². The highest BCUT2D eigenvalue weighted by Gasteiger charge is 2.09. The summed E-state index contributed by atoms with van der Waals surface area (Å²) in [5, 5.41) is 0. The van der Waals surface area contributed by atoms with Gasteiger partial charge in [0.05, 0.1) is 12.5 Å². The first-order chi connectivity index (χ1) is 7.13. The third-order valence-corrected chi connectivity index (χ3v) is 2.30. The Hall–Kier alpha value is -1.51. The van der Waals surface area contributed by atoms with Crippen LogP contribution in [0.5, 0.6) is 0 Å². The number of nitrogen functional groups attached to an aromatic ring is 1. The summed E-state index contributed by atoms with van der Waals surface area (Å²) < 4.78 is 5.16. The Morgan fingerprint density at radius 2 is 2.13 bits per heavy atom. The van der Waals surface area contributed by atoms with Crippen molar-refractivity contribution in [1.29, 1.82) is 0 Å². The normalized spacial score (nSPS) is 12.1. The van der Waals surface area contributed by atoms with Crippen molar-refractivity contribution in [3.8, 4) is 0 Å². The molecule has 0 aliphatic heterocycles. The number of hydrogen-bond donors (Lipinski definition) is 1. The molecule has 0 spiro atoms. The van der Waals surface area contributed by atoms with Gasteiger partial charge in [0.2, 0.25) is 0 Å². The largest absolute Gasteiger partial charge is 0.462 e. The van der Waals surface area contributed by atoms with E-state index in [0.29, 0.717) is 5.69 Å². The predicted octanol–water partition coefficient (Wildman–Crippen LogP) is 2.15. The SMILES string of the molecule is CCC(C)OC(=O)Cc1ccccc1N. The molecule has 15 heavy (non-hydrogen) atoms. The van der Waals surface area contributed by atoms with Crippen LogP contribution in [0.4, 0.5) is 5.69 Å². The molecule has 1 unspecified atom stereocenters. The third-order valence-electron chi connectivity index (χ3n) is 2.30. The van der Waals surface area contributed by atoms with Crippen molar-refractivity contribution in [2.45, 2.75) is 32.8 Å².